The van der Waals surface area contributed by atoms with Crippen LogP contribution in [-0.4, -0.2) is 33.9 Å². The number of aromatic nitrogens is 2. The molecule has 4 heteroatoms. The lowest BCUT2D eigenvalue weighted by molar-refractivity contribution is 0.0707. The number of nitrogens with zero attached hydrogens (tertiary/aromatic N) is 3. The van der Waals surface area contributed by atoms with E-state index in [1.165, 1.54) is 11.1 Å². The van der Waals surface area contributed by atoms with Gasteiger partial charge >= 0.3 is 0 Å². The van der Waals surface area contributed by atoms with Crippen LogP contribution in [0.25, 0.3) is 10.9 Å². The zero-order chi connectivity index (χ0) is 21.9. The number of hydrogen-bond acceptors (Lipinski definition) is 3. The molecule has 4 aromatic rings. The largest absolute Gasteiger partial charge is 0.338 e. The first-order valence-corrected chi connectivity index (χ1v) is 11.3. The number of piperidine rings is 1. The monoisotopic (exact) mass is 421 g/mol. The summed E-state index contributed by atoms with van der Waals surface area (Å²) in [7, 11) is 0. The fourth-order valence-electron chi connectivity index (χ4n) is 4.76. The van der Waals surface area contributed by atoms with E-state index in [2.05, 4.69) is 48.3 Å². The molecule has 0 spiro atoms. The Labute approximate surface area is 189 Å². The normalized spacial score (nSPS) is 16.3. The van der Waals surface area contributed by atoms with Gasteiger partial charge in [-0.2, -0.15) is 0 Å². The van der Waals surface area contributed by atoms with Crippen LogP contribution in [0.15, 0.2) is 79.0 Å². The average molecular weight is 422 g/mol. The van der Waals surface area contributed by atoms with Gasteiger partial charge in [0.1, 0.15) is 0 Å². The summed E-state index contributed by atoms with van der Waals surface area (Å²) in [6, 6.07) is 24.7. The number of aryl methyl sites for hydroxylation is 1. The van der Waals surface area contributed by atoms with Gasteiger partial charge in [-0.15, -0.1) is 0 Å². The predicted molar refractivity (Wildman–Crippen MR) is 128 cm³/mol. The third-order valence-electron chi connectivity index (χ3n) is 6.27. The van der Waals surface area contributed by atoms with E-state index in [0.29, 0.717) is 12.1 Å². The van der Waals surface area contributed by atoms with Crippen LogP contribution in [0.3, 0.4) is 0 Å². The number of carbonyl (C=O) groups excluding carboxylic acids is 1. The lowest BCUT2D eigenvalue weighted by Crippen LogP contribution is -2.39. The van der Waals surface area contributed by atoms with Crippen LogP contribution in [0.4, 0.5) is 0 Å². The predicted octanol–water partition coefficient (Wildman–Crippen LogP) is 5.55. The van der Waals surface area contributed by atoms with Crippen LogP contribution in [0.2, 0.25) is 0 Å². The molecule has 3 heterocycles. The molecule has 1 aliphatic heterocycles. The van der Waals surface area contributed by atoms with E-state index in [9.17, 15) is 4.79 Å². The molecule has 0 radical (unpaired) electrons. The van der Waals surface area contributed by atoms with Crippen molar-refractivity contribution in [1.82, 2.24) is 14.9 Å². The highest BCUT2D eigenvalue weighted by Gasteiger charge is 2.27. The molecule has 4 nitrogen and oxygen atoms in total. The van der Waals surface area contributed by atoms with Gasteiger partial charge in [-0.05, 0) is 61.6 Å². The van der Waals surface area contributed by atoms with Crippen LogP contribution < -0.4 is 0 Å². The molecule has 0 aliphatic carbocycles. The van der Waals surface area contributed by atoms with Crippen molar-refractivity contribution in [3.05, 3.63) is 107 Å². The average Bonchev–Trinajstić information content (AvgIpc) is 2.83. The molecule has 5 rings (SSSR count). The highest BCUT2D eigenvalue weighted by atomic mass is 16.2. The van der Waals surface area contributed by atoms with Crippen molar-refractivity contribution in [1.29, 1.82) is 0 Å². The standard InChI is InChI=1S/C28H27N3O/c1-20-16-22(17-21-8-3-2-4-9-21)18-26(30-20)24-12-7-15-31(19-24)28(32)25-13-5-10-23-11-6-14-29-27(23)25/h2-6,8-11,13-14,16,18,24H,7,12,15,17,19H2,1H3/t24-/m0/s1. The van der Waals surface area contributed by atoms with E-state index in [-0.39, 0.29) is 11.8 Å². The number of carbonyl (C=O) groups is 1. The third-order valence-corrected chi connectivity index (χ3v) is 6.27. The Balaban J connectivity index is 1.38. The number of pyridine rings is 2. The molecule has 0 bridgehead atoms. The Bertz CT molecular complexity index is 1250. The Morgan fingerprint density at radius 1 is 1.00 bits per heavy atom. The minimum Gasteiger partial charge on any atom is -0.338 e. The topological polar surface area (TPSA) is 46.1 Å². The van der Waals surface area contributed by atoms with Crippen molar-refractivity contribution in [3.8, 4) is 0 Å². The second-order valence-electron chi connectivity index (χ2n) is 8.68. The number of para-hydroxylation sites is 1. The first kappa shape index (κ1) is 20.4. The molecule has 0 saturated carbocycles. The number of amides is 1. The van der Waals surface area contributed by atoms with Gasteiger partial charge in [0.2, 0.25) is 0 Å². The van der Waals surface area contributed by atoms with Crippen molar-refractivity contribution < 1.29 is 4.79 Å². The maximum absolute atomic E-state index is 13.4. The maximum Gasteiger partial charge on any atom is 0.256 e. The van der Waals surface area contributed by atoms with E-state index in [0.717, 1.165) is 48.1 Å². The van der Waals surface area contributed by atoms with Crippen LogP contribution in [0.5, 0.6) is 0 Å². The number of fused-ring (bicyclic) bond motifs is 1. The first-order chi connectivity index (χ1) is 15.7. The summed E-state index contributed by atoms with van der Waals surface area (Å²) in [5, 5.41) is 0.998. The molecule has 1 fully saturated rings. The van der Waals surface area contributed by atoms with E-state index in [1.807, 2.05) is 41.3 Å². The second-order valence-corrected chi connectivity index (χ2v) is 8.68. The number of benzene rings is 2. The van der Waals surface area contributed by atoms with Crippen molar-refractivity contribution in [2.24, 2.45) is 0 Å². The maximum atomic E-state index is 13.4. The summed E-state index contributed by atoms with van der Waals surface area (Å²) in [6.07, 6.45) is 4.69. The van der Waals surface area contributed by atoms with Gasteiger partial charge in [0.05, 0.1) is 11.1 Å². The van der Waals surface area contributed by atoms with Crippen molar-refractivity contribution in [2.75, 3.05) is 13.1 Å². The Hall–Kier alpha value is -3.53. The summed E-state index contributed by atoms with van der Waals surface area (Å²) >= 11 is 0. The van der Waals surface area contributed by atoms with Gasteiger partial charge in [0.25, 0.3) is 5.91 Å². The van der Waals surface area contributed by atoms with Gasteiger partial charge in [-0.1, -0.05) is 48.5 Å². The summed E-state index contributed by atoms with van der Waals surface area (Å²) < 4.78 is 0. The summed E-state index contributed by atoms with van der Waals surface area (Å²) in [6.45, 7) is 3.54. The fourth-order valence-corrected chi connectivity index (χ4v) is 4.76. The van der Waals surface area contributed by atoms with Gasteiger partial charge in [0, 0.05) is 42.0 Å². The second kappa shape index (κ2) is 8.91. The van der Waals surface area contributed by atoms with E-state index >= 15 is 0 Å². The highest BCUT2D eigenvalue weighted by molar-refractivity contribution is 6.05. The van der Waals surface area contributed by atoms with Crippen LogP contribution in [0.1, 0.15) is 51.6 Å². The molecule has 0 unspecified atom stereocenters. The van der Waals surface area contributed by atoms with E-state index in [4.69, 9.17) is 4.98 Å². The molecule has 2 aromatic heterocycles. The molecule has 32 heavy (non-hydrogen) atoms. The van der Waals surface area contributed by atoms with Gasteiger partial charge in [0.15, 0.2) is 0 Å². The number of hydrogen-bond donors (Lipinski definition) is 0. The van der Waals surface area contributed by atoms with Crippen LogP contribution >= 0.6 is 0 Å². The van der Waals surface area contributed by atoms with Crippen molar-refractivity contribution in [2.45, 2.75) is 32.1 Å². The van der Waals surface area contributed by atoms with Crippen LogP contribution in [-0.2, 0) is 6.42 Å². The zero-order valence-corrected chi connectivity index (χ0v) is 18.4. The van der Waals surface area contributed by atoms with Crippen molar-refractivity contribution >= 4 is 16.8 Å². The molecule has 2 aromatic carbocycles. The fraction of sp³-hybridized carbons (Fsp3) is 0.250. The van der Waals surface area contributed by atoms with Gasteiger partial charge < -0.3 is 4.90 Å². The highest BCUT2D eigenvalue weighted by Crippen LogP contribution is 2.29. The molecule has 1 atom stereocenters. The molecule has 0 N–H and O–H groups in total. The quantitative estimate of drug-likeness (QED) is 0.434. The van der Waals surface area contributed by atoms with Crippen LogP contribution in [0, 0.1) is 6.92 Å². The number of likely N-dealkylation sites (tertiary alicyclic amines) is 1. The van der Waals surface area contributed by atoms with Gasteiger partial charge in [-0.3, -0.25) is 14.8 Å². The molecule has 1 amide bonds. The summed E-state index contributed by atoms with van der Waals surface area (Å²) in [5.41, 5.74) is 6.18. The third kappa shape index (κ3) is 4.26. The van der Waals surface area contributed by atoms with Gasteiger partial charge in [-0.25, -0.2) is 0 Å². The van der Waals surface area contributed by atoms with E-state index in [1.54, 1.807) is 6.20 Å². The molecule has 160 valence electrons. The Morgan fingerprint density at radius 3 is 2.72 bits per heavy atom. The SMILES string of the molecule is Cc1cc(Cc2ccccc2)cc([C@H]2CCCN(C(=O)c3cccc4cccnc34)C2)n1. The molecule has 1 saturated heterocycles. The Kier molecular flexibility index (Phi) is 5.68. The minimum absolute atomic E-state index is 0.0659. The van der Waals surface area contributed by atoms with E-state index < -0.39 is 0 Å². The number of rotatable bonds is 4. The first-order valence-electron chi connectivity index (χ1n) is 11.3. The minimum atomic E-state index is 0.0659. The lowest BCUT2D eigenvalue weighted by Gasteiger charge is -2.33. The summed E-state index contributed by atoms with van der Waals surface area (Å²) in [5.74, 6) is 0.321. The molecule has 1 aliphatic rings. The lowest BCUT2D eigenvalue weighted by atomic mass is 9.92. The smallest absolute Gasteiger partial charge is 0.256 e. The Morgan fingerprint density at radius 2 is 1.84 bits per heavy atom. The molecular formula is C28H27N3O. The zero-order valence-electron chi connectivity index (χ0n) is 18.4. The summed E-state index contributed by atoms with van der Waals surface area (Å²) in [4.78, 5) is 24.8. The molecular weight excluding hydrogens is 394 g/mol. The van der Waals surface area contributed by atoms with Crippen molar-refractivity contribution in [3.63, 3.8) is 0 Å².